The minimum absolute atomic E-state index is 0.0916. The number of hydrogen-bond acceptors (Lipinski definition) is 2. The molecule has 176 valence electrons. The molecule has 0 spiro atoms. The normalized spacial score (nSPS) is 16.3. The molecule has 0 aliphatic carbocycles. The molecule has 33 heavy (non-hydrogen) atoms. The fourth-order valence-electron chi connectivity index (χ4n) is 3.13. The van der Waals surface area contributed by atoms with Crippen molar-refractivity contribution in [3.63, 3.8) is 0 Å². The van der Waals surface area contributed by atoms with Gasteiger partial charge in [-0.05, 0) is 55.3 Å². The maximum atomic E-state index is 13.6. The van der Waals surface area contributed by atoms with Crippen molar-refractivity contribution in [1.82, 2.24) is 0 Å². The van der Waals surface area contributed by atoms with Crippen molar-refractivity contribution >= 4 is 10.9 Å². The van der Waals surface area contributed by atoms with E-state index in [0.29, 0.717) is 29.7 Å². The highest BCUT2D eigenvalue weighted by atomic mass is 32.2. The molecule has 2 N–H and O–H groups in total. The first-order chi connectivity index (χ1) is 15.2. The van der Waals surface area contributed by atoms with E-state index >= 15 is 0 Å². The van der Waals surface area contributed by atoms with Crippen LogP contribution in [0.15, 0.2) is 93.5 Å². The van der Waals surface area contributed by atoms with E-state index in [4.69, 9.17) is 0 Å². The average molecular weight is 487 g/mol. The number of rotatable bonds is 5. The van der Waals surface area contributed by atoms with Gasteiger partial charge in [-0.3, -0.25) is 0 Å². The quantitative estimate of drug-likeness (QED) is 0.327. The van der Waals surface area contributed by atoms with Gasteiger partial charge in [0, 0.05) is 12.1 Å². The summed E-state index contributed by atoms with van der Waals surface area (Å²) in [7, 11) is -1.12. The van der Waals surface area contributed by atoms with Gasteiger partial charge in [-0.15, -0.1) is 0 Å². The van der Waals surface area contributed by atoms with Crippen LogP contribution in [0.1, 0.15) is 25.0 Å². The van der Waals surface area contributed by atoms with Crippen molar-refractivity contribution in [1.29, 1.82) is 0 Å². The van der Waals surface area contributed by atoms with Crippen molar-refractivity contribution in [3.8, 4) is 0 Å². The van der Waals surface area contributed by atoms with Crippen LogP contribution in [0.5, 0.6) is 0 Å². The third kappa shape index (κ3) is 4.90. The van der Waals surface area contributed by atoms with Crippen LogP contribution in [-0.4, -0.2) is 22.6 Å². The molecular formula is C24H21F6O2S+. The Bertz CT molecular complexity index is 1010. The molecule has 3 rings (SSSR count). The minimum atomic E-state index is -5.16. The van der Waals surface area contributed by atoms with Gasteiger partial charge in [0.2, 0.25) is 0 Å². The predicted octanol–water partition coefficient (Wildman–Crippen LogP) is 6.32. The summed E-state index contributed by atoms with van der Waals surface area (Å²) in [5.41, 5.74) is -8.48. The van der Waals surface area contributed by atoms with Crippen molar-refractivity contribution in [2.45, 2.75) is 52.1 Å². The first-order valence-corrected chi connectivity index (χ1v) is 11.0. The highest BCUT2D eigenvalue weighted by molar-refractivity contribution is 7.97. The molecule has 3 aromatic rings. The third-order valence-electron chi connectivity index (χ3n) is 5.33. The lowest BCUT2D eigenvalue weighted by Gasteiger charge is -2.31. The topological polar surface area (TPSA) is 40.5 Å². The maximum absolute atomic E-state index is 13.6. The van der Waals surface area contributed by atoms with Crippen LogP contribution < -0.4 is 0 Å². The summed E-state index contributed by atoms with van der Waals surface area (Å²) in [5, 5.41) is 20.6. The fourth-order valence-corrected chi connectivity index (χ4v) is 5.29. The first kappa shape index (κ1) is 25.1. The van der Waals surface area contributed by atoms with Crippen molar-refractivity contribution < 1.29 is 36.6 Å². The van der Waals surface area contributed by atoms with Gasteiger partial charge in [-0.2, -0.15) is 26.3 Å². The maximum Gasteiger partial charge on any atom is 0.421 e. The van der Waals surface area contributed by atoms with E-state index in [1.165, 1.54) is 0 Å². The van der Waals surface area contributed by atoms with Gasteiger partial charge in [0.15, 0.2) is 25.9 Å². The molecule has 0 fully saturated rings. The number of halogens is 6. The van der Waals surface area contributed by atoms with Gasteiger partial charge < -0.3 is 10.2 Å². The molecule has 3 aromatic carbocycles. The Labute approximate surface area is 189 Å². The summed E-state index contributed by atoms with van der Waals surface area (Å²) < 4.78 is 81.8. The standard InChI is InChI=1S/C24H21F6O2S/c1-21(31,23(25,26)27)16-13-17(22(2,32)24(28,29)30)15-20(14-16)33(18-9-5-3-6-10-18)19-11-7-4-8-12-19/h3-15,31-32H,1-2H3/q+1. The van der Waals surface area contributed by atoms with Crippen LogP contribution in [0.4, 0.5) is 26.3 Å². The van der Waals surface area contributed by atoms with E-state index in [-0.39, 0.29) is 4.90 Å². The van der Waals surface area contributed by atoms with Gasteiger partial charge in [-0.25, -0.2) is 0 Å². The van der Waals surface area contributed by atoms with Crippen LogP contribution in [0, 0.1) is 0 Å². The zero-order chi connectivity index (χ0) is 24.7. The summed E-state index contributed by atoms with van der Waals surface area (Å²) in [5.74, 6) is 0. The molecule has 0 radical (unpaired) electrons. The van der Waals surface area contributed by atoms with Gasteiger partial charge in [-0.1, -0.05) is 36.4 Å². The molecular weight excluding hydrogens is 466 g/mol. The SMILES string of the molecule is CC(O)(c1cc([S+](c2ccccc2)c2ccccc2)cc(C(C)(O)C(F)(F)F)c1)C(F)(F)F. The molecule has 0 aliphatic heterocycles. The lowest BCUT2D eigenvalue weighted by Crippen LogP contribution is -2.42. The van der Waals surface area contributed by atoms with E-state index in [0.717, 1.165) is 12.1 Å². The van der Waals surface area contributed by atoms with E-state index < -0.39 is 45.6 Å². The molecule has 0 bridgehead atoms. The molecule has 9 heteroatoms. The smallest absolute Gasteiger partial charge is 0.376 e. The zero-order valence-electron chi connectivity index (χ0n) is 17.6. The summed E-state index contributed by atoms with van der Waals surface area (Å²) in [6.07, 6.45) is -10.3. The molecule has 0 heterocycles. The second-order valence-electron chi connectivity index (χ2n) is 7.82. The van der Waals surface area contributed by atoms with Gasteiger partial charge in [0.05, 0.1) is 10.9 Å². The van der Waals surface area contributed by atoms with Crippen LogP contribution in [0.3, 0.4) is 0 Å². The van der Waals surface area contributed by atoms with E-state index in [1.807, 2.05) is 0 Å². The summed E-state index contributed by atoms with van der Waals surface area (Å²) in [6, 6.07) is 19.8. The Kier molecular flexibility index (Phi) is 6.63. The lowest BCUT2D eigenvalue weighted by atomic mass is 9.88. The Balaban J connectivity index is 2.35. The summed E-state index contributed by atoms with van der Waals surface area (Å²) in [4.78, 5) is 1.38. The third-order valence-corrected chi connectivity index (χ3v) is 7.52. The predicted molar refractivity (Wildman–Crippen MR) is 113 cm³/mol. The molecule has 0 aliphatic rings. The zero-order valence-corrected chi connectivity index (χ0v) is 18.4. The minimum Gasteiger partial charge on any atom is -0.376 e. The Morgan fingerprint density at radius 2 is 0.879 bits per heavy atom. The van der Waals surface area contributed by atoms with Crippen LogP contribution in [-0.2, 0) is 22.1 Å². The molecule has 0 amide bonds. The second kappa shape index (κ2) is 8.70. The number of benzene rings is 3. The largest absolute Gasteiger partial charge is 0.421 e. The molecule has 2 unspecified atom stereocenters. The van der Waals surface area contributed by atoms with E-state index in [2.05, 4.69) is 0 Å². The highest BCUT2D eigenvalue weighted by Crippen LogP contribution is 2.45. The Hall–Kier alpha value is -2.49. The van der Waals surface area contributed by atoms with Gasteiger partial charge >= 0.3 is 12.4 Å². The van der Waals surface area contributed by atoms with Crippen molar-refractivity contribution in [3.05, 3.63) is 90.0 Å². The van der Waals surface area contributed by atoms with Gasteiger partial charge in [0.1, 0.15) is 0 Å². The highest BCUT2D eigenvalue weighted by Gasteiger charge is 2.55. The molecule has 0 saturated heterocycles. The van der Waals surface area contributed by atoms with E-state index in [1.54, 1.807) is 60.7 Å². The summed E-state index contributed by atoms with van der Waals surface area (Å²) in [6.45, 7) is 0.947. The van der Waals surface area contributed by atoms with Crippen molar-refractivity contribution in [2.24, 2.45) is 0 Å². The van der Waals surface area contributed by atoms with Crippen molar-refractivity contribution in [2.75, 3.05) is 0 Å². The van der Waals surface area contributed by atoms with Gasteiger partial charge in [0.25, 0.3) is 0 Å². The molecule has 0 aromatic heterocycles. The van der Waals surface area contributed by atoms with E-state index in [9.17, 15) is 36.6 Å². The van der Waals surface area contributed by atoms with Crippen LogP contribution >= 0.6 is 0 Å². The molecule has 2 atom stereocenters. The average Bonchev–Trinajstić information content (AvgIpc) is 2.73. The molecule has 2 nitrogen and oxygen atoms in total. The second-order valence-corrected chi connectivity index (χ2v) is 9.84. The number of aliphatic hydroxyl groups is 2. The number of hydrogen-bond donors (Lipinski definition) is 2. The Morgan fingerprint density at radius 3 is 1.18 bits per heavy atom. The first-order valence-electron chi connectivity index (χ1n) is 9.75. The fraction of sp³-hybridized carbons (Fsp3) is 0.250. The monoisotopic (exact) mass is 487 g/mol. The van der Waals surface area contributed by atoms with Crippen LogP contribution in [0.2, 0.25) is 0 Å². The number of alkyl halides is 6. The molecule has 0 saturated carbocycles. The van der Waals surface area contributed by atoms with Crippen LogP contribution in [0.25, 0.3) is 0 Å². The summed E-state index contributed by atoms with van der Waals surface area (Å²) >= 11 is 0. The Morgan fingerprint density at radius 1 is 0.545 bits per heavy atom. The lowest BCUT2D eigenvalue weighted by molar-refractivity contribution is -0.261.